The third-order valence-electron chi connectivity index (χ3n) is 11.3. The van der Waals surface area contributed by atoms with Gasteiger partial charge in [-0.25, -0.2) is 0 Å². The van der Waals surface area contributed by atoms with Crippen LogP contribution in [0.4, 0.5) is 0 Å². The van der Waals surface area contributed by atoms with E-state index >= 15 is 0 Å². The van der Waals surface area contributed by atoms with Crippen molar-refractivity contribution in [2.45, 2.75) is 5.41 Å². The lowest BCUT2D eigenvalue weighted by atomic mass is 9.66. The van der Waals surface area contributed by atoms with Gasteiger partial charge in [0.2, 0.25) is 0 Å². The molecule has 0 amide bonds. The quantitative estimate of drug-likeness (QED) is 0.179. The highest BCUT2D eigenvalue weighted by molar-refractivity contribution is 6.23. The van der Waals surface area contributed by atoms with Gasteiger partial charge < -0.3 is 13.7 Å². The highest BCUT2D eigenvalue weighted by Gasteiger charge is 2.51. The molecule has 12 rings (SSSR count). The highest BCUT2D eigenvalue weighted by Crippen LogP contribution is 2.63. The van der Waals surface area contributed by atoms with Crippen LogP contribution in [0.25, 0.3) is 71.3 Å². The zero-order valence-electron chi connectivity index (χ0n) is 26.9. The van der Waals surface area contributed by atoms with E-state index in [1.807, 2.05) is 12.1 Å². The van der Waals surface area contributed by atoms with Crippen LogP contribution in [0.1, 0.15) is 22.3 Å². The third-order valence-corrected chi connectivity index (χ3v) is 11.3. The molecule has 0 saturated heterocycles. The van der Waals surface area contributed by atoms with Crippen LogP contribution in [0.15, 0.2) is 168 Å². The summed E-state index contributed by atoms with van der Waals surface area (Å²) in [6, 6.07) is 59.2. The molecule has 0 N–H and O–H groups in total. The number of benzene rings is 8. The lowest BCUT2D eigenvalue weighted by Gasteiger charge is -2.39. The van der Waals surface area contributed by atoms with Crippen LogP contribution in [-0.2, 0) is 5.41 Å². The third kappa shape index (κ3) is 3.11. The molecule has 2 aromatic heterocycles. The van der Waals surface area contributed by atoms with E-state index in [2.05, 4.69) is 156 Å². The van der Waals surface area contributed by atoms with Gasteiger partial charge in [-0.1, -0.05) is 127 Å². The molecule has 0 unspecified atom stereocenters. The Hall–Kier alpha value is -6.58. The average molecular weight is 638 g/mol. The lowest BCUT2D eigenvalue weighted by molar-refractivity contribution is 0.440. The average Bonchev–Trinajstić information content (AvgIpc) is 3.82. The van der Waals surface area contributed by atoms with Crippen LogP contribution in [0.2, 0.25) is 0 Å². The van der Waals surface area contributed by atoms with E-state index in [0.717, 1.165) is 61.1 Å². The van der Waals surface area contributed by atoms with Crippen LogP contribution in [0, 0.1) is 0 Å². The number of hydrogen-bond acceptors (Lipinski definition) is 2. The van der Waals surface area contributed by atoms with E-state index in [-0.39, 0.29) is 0 Å². The topological polar surface area (TPSA) is 27.3 Å². The van der Waals surface area contributed by atoms with Gasteiger partial charge in [-0.05, 0) is 63.4 Å². The number of hydrogen-bond donors (Lipinski definition) is 0. The van der Waals surface area contributed by atoms with Crippen molar-refractivity contribution < 1.29 is 9.15 Å². The van der Waals surface area contributed by atoms with Gasteiger partial charge in [0.15, 0.2) is 5.75 Å². The number of aromatic nitrogens is 1. The summed E-state index contributed by atoms with van der Waals surface area (Å²) in [7, 11) is 0. The Labute approximate surface area is 287 Å². The van der Waals surface area contributed by atoms with Gasteiger partial charge in [0, 0.05) is 38.7 Å². The Morgan fingerprint density at radius 2 is 1.12 bits per heavy atom. The largest absolute Gasteiger partial charge is 0.456 e. The fraction of sp³-hybridized carbons (Fsp3) is 0.0213. The van der Waals surface area contributed by atoms with Gasteiger partial charge in [-0.3, -0.25) is 0 Å². The van der Waals surface area contributed by atoms with E-state index in [4.69, 9.17) is 9.15 Å². The van der Waals surface area contributed by atoms with E-state index in [1.165, 1.54) is 44.0 Å². The van der Waals surface area contributed by atoms with E-state index < -0.39 is 5.41 Å². The van der Waals surface area contributed by atoms with Crippen LogP contribution in [0.3, 0.4) is 0 Å². The monoisotopic (exact) mass is 637 g/mol. The van der Waals surface area contributed by atoms with Crippen LogP contribution >= 0.6 is 0 Å². The minimum atomic E-state index is -0.544. The molecule has 50 heavy (non-hydrogen) atoms. The highest BCUT2D eigenvalue weighted by atomic mass is 16.5. The summed E-state index contributed by atoms with van der Waals surface area (Å²) < 4.78 is 16.1. The first-order valence-corrected chi connectivity index (χ1v) is 17.2. The van der Waals surface area contributed by atoms with Gasteiger partial charge in [0.05, 0.1) is 22.1 Å². The lowest BCUT2D eigenvalue weighted by Crippen LogP contribution is -2.32. The standard InChI is InChI=1S/C47H27NO2/c1-2-12-30-28(11-1)21-26-40-44(30)35-24-25-39-46(45(35)48(40)29-22-23-34-33-15-5-9-19-41(33)49-43(34)27-29)50-42-20-10-8-18-38(42)47(39)36-16-6-3-13-31(36)32-14-4-7-17-37(32)47/h1-27H. The Kier molecular flexibility index (Phi) is 4.91. The summed E-state index contributed by atoms with van der Waals surface area (Å²) in [6.07, 6.45) is 0. The van der Waals surface area contributed by atoms with Crippen molar-refractivity contribution in [2.24, 2.45) is 0 Å². The van der Waals surface area contributed by atoms with Crippen LogP contribution < -0.4 is 4.74 Å². The summed E-state index contributed by atoms with van der Waals surface area (Å²) in [6.45, 7) is 0. The molecule has 0 bridgehead atoms. The number of furan rings is 1. The summed E-state index contributed by atoms with van der Waals surface area (Å²) in [5, 5.41) is 7.05. The van der Waals surface area contributed by atoms with Gasteiger partial charge in [0.25, 0.3) is 0 Å². The minimum absolute atomic E-state index is 0.544. The fourth-order valence-corrected chi connectivity index (χ4v) is 9.30. The van der Waals surface area contributed by atoms with Crippen LogP contribution in [0.5, 0.6) is 11.5 Å². The molecular formula is C47H27NO2. The molecule has 2 aliphatic rings. The number of rotatable bonds is 1. The maximum atomic E-state index is 7.20. The van der Waals surface area contributed by atoms with E-state index in [9.17, 15) is 0 Å². The van der Waals surface area contributed by atoms with Crippen molar-refractivity contribution in [1.29, 1.82) is 0 Å². The smallest absolute Gasteiger partial charge is 0.156 e. The molecule has 3 heterocycles. The maximum absolute atomic E-state index is 7.20. The normalized spacial score (nSPS) is 13.9. The Bertz CT molecular complexity index is 3040. The van der Waals surface area contributed by atoms with Crippen molar-refractivity contribution >= 4 is 54.5 Å². The van der Waals surface area contributed by atoms with Crippen molar-refractivity contribution in [2.75, 3.05) is 0 Å². The van der Waals surface area contributed by atoms with Crippen molar-refractivity contribution in [3.05, 3.63) is 186 Å². The number of para-hydroxylation sites is 2. The molecule has 1 spiro atoms. The molecule has 232 valence electrons. The first-order chi connectivity index (χ1) is 24.8. The molecule has 8 aromatic carbocycles. The summed E-state index contributed by atoms with van der Waals surface area (Å²) in [5.41, 5.74) is 11.9. The number of ether oxygens (including phenoxy) is 1. The second kappa shape index (κ2) is 9.31. The van der Waals surface area contributed by atoms with E-state index in [1.54, 1.807) is 0 Å². The molecule has 0 radical (unpaired) electrons. The van der Waals surface area contributed by atoms with Crippen molar-refractivity contribution in [3.8, 4) is 28.3 Å². The zero-order valence-corrected chi connectivity index (χ0v) is 26.9. The molecule has 1 aliphatic carbocycles. The van der Waals surface area contributed by atoms with Gasteiger partial charge in [-0.2, -0.15) is 0 Å². The predicted molar refractivity (Wildman–Crippen MR) is 203 cm³/mol. The second-order valence-electron chi connectivity index (χ2n) is 13.6. The Morgan fingerprint density at radius 1 is 0.460 bits per heavy atom. The first kappa shape index (κ1) is 26.4. The number of nitrogens with zero attached hydrogens (tertiary/aromatic N) is 1. The molecule has 0 fully saturated rings. The number of fused-ring (bicyclic) bond motifs is 18. The minimum Gasteiger partial charge on any atom is -0.456 e. The van der Waals surface area contributed by atoms with Crippen molar-refractivity contribution in [3.63, 3.8) is 0 Å². The summed E-state index contributed by atoms with van der Waals surface area (Å²) in [5.74, 6) is 1.77. The Balaban J connectivity index is 1.27. The molecule has 3 nitrogen and oxygen atoms in total. The molecule has 10 aromatic rings. The van der Waals surface area contributed by atoms with Gasteiger partial charge in [-0.15, -0.1) is 0 Å². The fourth-order valence-electron chi connectivity index (χ4n) is 9.30. The SMILES string of the molecule is c1ccc2c(c1)Oc1c(ccc3c4c5ccccc5ccc4n(-c4ccc5c(c4)oc4ccccc45)c13)C21c2ccccc2-c2ccccc21. The Morgan fingerprint density at radius 3 is 1.96 bits per heavy atom. The maximum Gasteiger partial charge on any atom is 0.156 e. The summed E-state index contributed by atoms with van der Waals surface area (Å²) >= 11 is 0. The zero-order chi connectivity index (χ0) is 32.6. The van der Waals surface area contributed by atoms with E-state index in [0.29, 0.717) is 0 Å². The molecule has 1 aliphatic heterocycles. The molecular weight excluding hydrogens is 611 g/mol. The summed E-state index contributed by atoms with van der Waals surface area (Å²) in [4.78, 5) is 0. The molecule has 0 saturated carbocycles. The second-order valence-corrected chi connectivity index (χ2v) is 13.6. The first-order valence-electron chi connectivity index (χ1n) is 17.2. The predicted octanol–water partition coefficient (Wildman–Crippen LogP) is 12.3. The van der Waals surface area contributed by atoms with Crippen LogP contribution in [-0.4, -0.2) is 4.57 Å². The van der Waals surface area contributed by atoms with Crippen molar-refractivity contribution in [1.82, 2.24) is 4.57 Å². The van der Waals surface area contributed by atoms with Gasteiger partial charge in [0.1, 0.15) is 16.9 Å². The molecule has 3 heteroatoms. The molecule has 0 atom stereocenters. The van der Waals surface area contributed by atoms with Gasteiger partial charge >= 0.3 is 0 Å².